The van der Waals surface area contributed by atoms with Crippen molar-refractivity contribution in [2.24, 2.45) is 4.99 Å². The minimum atomic E-state index is -0.360. The maximum Gasteiger partial charge on any atom is 0.325 e. The number of esters is 1. The molecule has 1 aromatic rings. The van der Waals surface area contributed by atoms with Crippen LogP contribution in [0.4, 0.5) is 5.69 Å². The quantitative estimate of drug-likeness (QED) is 0.334. The van der Waals surface area contributed by atoms with Gasteiger partial charge in [-0.25, -0.2) is 0 Å². The number of nitrogens with zero attached hydrogens (tertiary/aromatic N) is 3. The van der Waals surface area contributed by atoms with Crippen LogP contribution in [-0.2, 0) is 9.53 Å². The van der Waals surface area contributed by atoms with E-state index in [1.165, 1.54) is 6.34 Å². The van der Waals surface area contributed by atoms with E-state index in [4.69, 9.17) is 10.00 Å². The van der Waals surface area contributed by atoms with Crippen molar-refractivity contribution in [1.82, 2.24) is 0 Å². The van der Waals surface area contributed by atoms with Gasteiger partial charge in [0, 0.05) is 5.69 Å². The van der Waals surface area contributed by atoms with Crippen LogP contribution in [0.3, 0.4) is 0 Å². The Bertz CT molecular complexity index is 423. The van der Waals surface area contributed by atoms with E-state index in [2.05, 4.69) is 4.99 Å². The van der Waals surface area contributed by atoms with E-state index >= 15 is 0 Å². The fourth-order valence-electron chi connectivity index (χ4n) is 1.26. The zero-order valence-electron chi connectivity index (χ0n) is 9.54. The fraction of sp³-hybridized carbons (Fsp3) is 0.250. The van der Waals surface area contributed by atoms with Gasteiger partial charge in [-0.05, 0) is 19.1 Å². The van der Waals surface area contributed by atoms with Gasteiger partial charge >= 0.3 is 5.97 Å². The molecule has 0 saturated carbocycles. The Morgan fingerprint density at radius 3 is 2.82 bits per heavy atom. The normalized spacial score (nSPS) is 9.88. The highest BCUT2D eigenvalue weighted by Gasteiger charge is 2.10. The number of rotatable bonds is 5. The fourth-order valence-corrected chi connectivity index (χ4v) is 1.26. The molecule has 0 aromatic heterocycles. The van der Waals surface area contributed by atoms with Gasteiger partial charge < -0.3 is 9.64 Å². The Hall–Kier alpha value is -2.35. The molecule has 0 fully saturated rings. The molecule has 5 heteroatoms. The van der Waals surface area contributed by atoms with Crippen molar-refractivity contribution in [2.45, 2.75) is 6.92 Å². The minimum absolute atomic E-state index is 0.0308. The number of carbonyl (C=O) groups is 1. The van der Waals surface area contributed by atoms with Gasteiger partial charge in [-0.2, -0.15) is 10.3 Å². The highest BCUT2D eigenvalue weighted by Crippen LogP contribution is 2.11. The molecule has 1 aromatic carbocycles. The van der Waals surface area contributed by atoms with Crippen LogP contribution in [0.25, 0.3) is 0 Å². The number of para-hydroxylation sites is 1. The summed E-state index contributed by atoms with van der Waals surface area (Å²) in [5.74, 6) is -0.360. The summed E-state index contributed by atoms with van der Waals surface area (Å²) in [6.07, 6.45) is 2.96. The summed E-state index contributed by atoms with van der Waals surface area (Å²) in [7, 11) is 0. The lowest BCUT2D eigenvalue weighted by Crippen LogP contribution is -2.29. The summed E-state index contributed by atoms with van der Waals surface area (Å²) in [4.78, 5) is 16.4. The number of benzene rings is 1. The molecule has 17 heavy (non-hydrogen) atoms. The van der Waals surface area contributed by atoms with Gasteiger partial charge in [0.1, 0.15) is 12.9 Å². The molecule has 0 radical (unpaired) electrons. The lowest BCUT2D eigenvalue weighted by atomic mass is 10.3. The first-order chi connectivity index (χ1) is 8.27. The second kappa shape index (κ2) is 7.01. The average molecular weight is 231 g/mol. The standard InChI is InChI=1S/C12H13N3O2/c1-2-17-12(16)8-15(10-14-9-13)11-6-4-3-5-7-11/h3-7,10H,2,8H2,1H3. The number of aliphatic imine (C=N–C) groups is 1. The molecule has 0 unspecified atom stereocenters. The summed E-state index contributed by atoms with van der Waals surface area (Å²) >= 11 is 0. The van der Waals surface area contributed by atoms with Gasteiger partial charge in [-0.1, -0.05) is 18.2 Å². The van der Waals surface area contributed by atoms with Gasteiger partial charge in [0.25, 0.3) is 0 Å². The van der Waals surface area contributed by atoms with E-state index < -0.39 is 0 Å². The number of anilines is 1. The number of nitriles is 1. The predicted molar refractivity (Wildman–Crippen MR) is 64.5 cm³/mol. The van der Waals surface area contributed by atoms with Crippen molar-refractivity contribution in [2.75, 3.05) is 18.1 Å². The van der Waals surface area contributed by atoms with Gasteiger partial charge in [0.05, 0.1) is 6.61 Å². The molecular formula is C12H13N3O2. The third-order valence-electron chi connectivity index (χ3n) is 1.95. The zero-order chi connectivity index (χ0) is 12.5. The van der Waals surface area contributed by atoms with Gasteiger partial charge in [0.2, 0.25) is 6.19 Å². The Labute approximate surface area is 99.9 Å². The first-order valence-corrected chi connectivity index (χ1v) is 5.17. The average Bonchev–Trinajstić information content (AvgIpc) is 2.36. The van der Waals surface area contributed by atoms with E-state index in [1.54, 1.807) is 18.0 Å². The largest absolute Gasteiger partial charge is 0.465 e. The molecule has 0 N–H and O–H groups in total. The Morgan fingerprint density at radius 2 is 2.24 bits per heavy atom. The molecule has 1 rings (SSSR count). The van der Waals surface area contributed by atoms with Crippen LogP contribution in [-0.4, -0.2) is 25.5 Å². The van der Waals surface area contributed by atoms with E-state index in [-0.39, 0.29) is 12.5 Å². The molecule has 0 bridgehead atoms. The monoisotopic (exact) mass is 231 g/mol. The second-order valence-electron chi connectivity index (χ2n) is 3.11. The minimum Gasteiger partial charge on any atom is -0.465 e. The van der Waals surface area contributed by atoms with Crippen LogP contribution < -0.4 is 4.90 Å². The van der Waals surface area contributed by atoms with Crippen LogP contribution in [0.5, 0.6) is 0 Å². The van der Waals surface area contributed by atoms with Gasteiger partial charge in [-0.15, -0.1) is 0 Å². The van der Waals surface area contributed by atoms with Crippen LogP contribution in [0.15, 0.2) is 35.3 Å². The lowest BCUT2D eigenvalue weighted by molar-refractivity contribution is -0.141. The van der Waals surface area contributed by atoms with Crippen LogP contribution >= 0.6 is 0 Å². The van der Waals surface area contributed by atoms with E-state index in [1.807, 2.05) is 30.3 Å². The maximum absolute atomic E-state index is 11.4. The van der Waals surface area contributed by atoms with Crippen molar-refractivity contribution in [3.63, 3.8) is 0 Å². The first kappa shape index (κ1) is 12.7. The van der Waals surface area contributed by atoms with E-state index in [9.17, 15) is 4.79 Å². The maximum atomic E-state index is 11.4. The third-order valence-corrected chi connectivity index (χ3v) is 1.95. The molecule has 88 valence electrons. The first-order valence-electron chi connectivity index (χ1n) is 5.17. The molecule has 0 aliphatic heterocycles. The van der Waals surface area contributed by atoms with Gasteiger partial charge in [0.15, 0.2) is 0 Å². The zero-order valence-corrected chi connectivity index (χ0v) is 9.54. The Balaban J connectivity index is 2.79. The molecule has 5 nitrogen and oxygen atoms in total. The lowest BCUT2D eigenvalue weighted by Gasteiger charge is -2.17. The van der Waals surface area contributed by atoms with Crippen molar-refractivity contribution in [3.05, 3.63) is 30.3 Å². The topological polar surface area (TPSA) is 65.7 Å². The SMILES string of the molecule is CCOC(=O)CN(C=NC#N)c1ccccc1. The second-order valence-corrected chi connectivity index (χ2v) is 3.11. The molecule has 0 saturated heterocycles. The van der Waals surface area contributed by atoms with Crippen LogP contribution in [0, 0.1) is 11.5 Å². The van der Waals surface area contributed by atoms with Crippen molar-refractivity contribution in [1.29, 1.82) is 5.26 Å². The van der Waals surface area contributed by atoms with Crippen molar-refractivity contribution in [3.8, 4) is 6.19 Å². The van der Waals surface area contributed by atoms with Crippen molar-refractivity contribution >= 4 is 18.0 Å². The molecule has 0 aliphatic rings. The molecular weight excluding hydrogens is 218 g/mol. The highest BCUT2D eigenvalue weighted by molar-refractivity contribution is 5.88. The van der Waals surface area contributed by atoms with Crippen molar-refractivity contribution < 1.29 is 9.53 Å². The summed E-state index contributed by atoms with van der Waals surface area (Å²) in [5, 5.41) is 8.41. The highest BCUT2D eigenvalue weighted by atomic mass is 16.5. The number of ether oxygens (including phenoxy) is 1. The van der Waals surface area contributed by atoms with E-state index in [0.29, 0.717) is 6.61 Å². The molecule has 0 aliphatic carbocycles. The summed E-state index contributed by atoms with van der Waals surface area (Å²) in [6.45, 7) is 2.11. The Morgan fingerprint density at radius 1 is 1.53 bits per heavy atom. The van der Waals surface area contributed by atoms with Crippen LogP contribution in [0.1, 0.15) is 6.92 Å². The number of carbonyl (C=O) groups excluding carboxylic acids is 1. The summed E-state index contributed by atoms with van der Waals surface area (Å²) < 4.78 is 4.85. The number of hydrogen-bond acceptors (Lipinski definition) is 4. The van der Waals surface area contributed by atoms with Gasteiger partial charge in [-0.3, -0.25) is 4.79 Å². The number of hydrogen-bond donors (Lipinski definition) is 0. The summed E-state index contributed by atoms with van der Waals surface area (Å²) in [6, 6.07) is 9.19. The van der Waals surface area contributed by atoms with Crippen LogP contribution in [0.2, 0.25) is 0 Å². The predicted octanol–water partition coefficient (Wildman–Crippen LogP) is 1.57. The Kier molecular flexibility index (Phi) is 5.25. The van der Waals surface area contributed by atoms with E-state index in [0.717, 1.165) is 5.69 Å². The summed E-state index contributed by atoms with van der Waals surface area (Å²) in [5.41, 5.74) is 0.777. The third kappa shape index (κ3) is 4.34. The molecule has 0 amide bonds. The molecule has 0 atom stereocenters. The molecule has 0 heterocycles. The smallest absolute Gasteiger partial charge is 0.325 e. The molecule has 0 spiro atoms.